The first-order valence-corrected chi connectivity index (χ1v) is 6.11. The Morgan fingerprint density at radius 3 is 2.06 bits per heavy atom. The predicted molar refractivity (Wildman–Crippen MR) is 71.7 cm³/mol. The number of rotatable bonds is 0. The summed E-state index contributed by atoms with van der Waals surface area (Å²) in [5, 5.41) is 0. The number of anilines is 1. The second-order valence-corrected chi connectivity index (χ2v) is 4.65. The summed E-state index contributed by atoms with van der Waals surface area (Å²) >= 11 is 0. The minimum Gasteiger partial charge on any atom is -0.399 e. The van der Waals surface area contributed by atoms with Crippen molar-refractivity contribution in [1.29, 1.82) is 0 Å². The van der Waals surface area contributed by atoms with Gasteiger partial charge in [0.05, 0.1) is 0 Å². The highest BCUT2D eigenvalue weighted by Crippen LogP contribution is 2.13. The summed E-state index contributed by atoms with van der Waals surface area (Å²) in [6.45, 7) is 6.73. The molecule has 0 bridgehead atoms. The van der Waals surface area contributed by atoms with Crippen LogP contribution in [0, 0.1) is 13.8 Å². The Bertz CT molecular complexity index is 294. The SMILES string of the molecule is CN1CCCCC1.Cc1cccc(N)c1C. The molecule has 0 amide bonds. The molecular weight excluding hydrogens is 196 g/mol. The lowest BCUT2D eigenvalue weighted by atomic mass is 10.1. The monoisotopic (exact) mass is 220 g/mol. The molecule has 1 aromatic carbocycles. The van der Waals surface area contributed by atoms with Crippen LogP contribution < -0.4 is 5.73 Å². The van der Waals surface area contributed by atoms with Crippen LogP contribution in [-0.4, -0.2) is 25.0 Å². The molecule has 1 saturated heterocycles. The van der Waals surface area contributed by atoms with E-state index in [2.05, 4.69) is 24.9 Å². The number of hydrogen-bond donors (Lipinski definition) is 1. The molecule has 2 rings (SSSR count). The molecule has 1 aliphatic rings. The number of aryl methyl sites for hydroxylation is 1. The van der Waals surface area contributed by atoms with Gasteiger partial charge in [0.2, 0.25) is 0 Å². The highest BCUT2D eigenvalue weighted by Gasteiger charge is 2.02. The standard InChI is InChI=1S/C8H11N.C6H13N/c1-6-4-3-5-8(9)7(6)2;1-7-5-3-2-4-6-7/h3-5H,9H2,1-2H3;2-6H2,1H3. The summed E-state index contributed by atoms with van der Waals surface area (Å²) < 4.78 is 0. The Morgan fingerprint density at radius 1 is 1.06 bits per heavy atom. The van der Waals surface area contributed by atoms with E-state index in [9.17, 15) is 0 Å². The third-order valence-electron chi connectivity index (χ3n) is 3.23. The highest BCUT2D eigenvalue weighted by molar-refractivity contribution is 5.49. The van der Waals surface area contributed by atoms with Crippen molar-refractivity contribution in [2.24, 2.45) is 0 Å². The molecule has 16 heavy (non-hydrogen) atoms. The molecule has 90 valence electrons. The van der Waals surface area contributed by atoms with E-state index in [1.807, 2.05) is 19.1 Å². The van der Waals surface area contributed by atoms with Crippen molar-refractivity contribution < 1.29 is 0 Å². The Hall–Kier alpha value is -1.02. The van der Waals surface area contributed by atoms with E-state index in [1.165, 1.54) is 43.5 Å². The van der Waals surface area contributed by atoms with Gasteiger partial charge < -0.3 is 10.6 Å². The van der Waals surface area contributed by atoms with Gasteiger partial charge in [0, 0.05) is 5.69 Å². The molecule has 2 heteroatoms. The number of likely N-dealkylation sites (tertiary alicyclic amines) is 1. The van der Waals surface area contributed by atoms with Gasteiger partial charge in [0.1, 0.15) is 0 Å². The van der Waals surface area contributed by atoms with Gasteiger partial charge in [0.25, 0.3) is 0 Å². The summed E-state index contributed by atoms with van der Waals surface area (Å²) in [6.07, 6.45) is 4.28. The van der Waals surface area contributed by atoms with Crippen LogP contribution in [0.25, 0.3) is 0 Å². The van der Waals surface area contributed by atoms with Gasteiger partial charge in [-0.15, -0.1) is 0 Å². The van der Waals surface area contributed by atoms with E-state index in [-0.39, 0.29) is 0 Å². The number of nitrogens with zero attached hydrogens (tertiary/aromatic N) is 1. The maximum atomic E-state index is 5.62. The van der Waals surface area contributed by atoms with E-state index < -0.39 is 0 Å². The van der Waals surface area contributed by atoms with Crippen LogP contribution in [0.1, 0.15) is 30.4 Å². The van der Waals surface area contributed by atoms with Crippen LogP contribution in [0.15, 0.2) is 18.2 Å². The molecule has 0 aromatic heterocycles. The van der Waals surface area contributed by atoms with Crippen molar-refractivity contribution in [3.05, 3.63) is 29.3 Å². The van der Waals surface area contributed by atoms with Crippen LogP contribution in [0.3, 0.4) is 0 Å². The molecule has 0 aliphatic carbocycles. The third kappa shape index (κ3) is 4.23. The van der Waals surface area contributed by atoms with Gasteiger partial charge in [-0.3, -0.25) is 0 Å². The lowest BCUT2D eigenvalue weighted by molar-refractivity contribution is 0.277. The molecule has 2 N–H and O–H groups in total. The molecule has 1 heterocycles. The first kappa shape index (κ1) is 13.0. The number of hydrogen-bond acceptors (Lipinski definition) is 2. The number of benzene rings is 1. The molecule has 0 atom stereocenters. The lowest BCUT2D eigenvalue weighted by Gasteiger charge is -2.20. The summed E-state index contributed by atoms with van der Waals surface area (Å²) in [6, 6.07) is 5.95. The highest BCUT2D eigenvalue weighted by atomic mass is 15.1. The maximum Gasteiger partial charge on any atom is 0.0346 e. The minimum absolute atomic E-state index is 0.884. The van der Waals surface area contributed by atoms with Crippen LogP contribution in [-0.2, 0) is 0 Å². The van der Waals surface area contributed by atoms with Gasteiger partial charge >= 0.3 is 0 Å². The molecule has 0 saturated carbocycles. The number of nitrogens with two attached hydrogens (primary N) is 1. The molecular formula is C14H24N2. The van der Waals surface area contributed by atoms with Crippen molar-refractivity contribution in [3.63, 3.8) is 0 Å². The zero-order chi connectivity index (χ0) is 12.0. The maximum absolute atomic E-state index is 5.62. The molecule has 2 nitrogen and oxygen atoms in total. The fourth-order valence-corrected chi connectivity index (χ4v) is 1.83. The van der Waals surface area contributed by atoms with Gasteiger partial charge in [-0.2, -0.15) is 0 Å². The second kappa shape index (κ2) is 6.54. The van der Waals surface area contributed by atoms with E-state index in [0.29, 0.717) is 0 Å². The first-order valence-electron chi connectivity index (χ1n) is 6.11. The lowest BCUT2D eigenvalue weighted by Crippen LogP contribution is -2.24. The molecule has 0 unspecified atom stereocenters. The Morgan fingerprint density at radius 2 is 1.69 bits per heavy atom. The van der Waals surface area contributed by atoms with Crippen LogP contribution >= 0.6 is 0 Å². The average Bonchev–Trinajstić information content (AvgIpc) is 2.28. The van der Waals surface area contributed by atoms with Crippen molar-refractivity contribution >= 4 is 5.69 Å². The van der Waals surface area contributed by atoms with Crippen molar-refractivity contribution in [2.75, 3.05) is 25.9 Å². The van der Waals surface area contributed by atoms with Crippen LogP contribution in [0.5, 0.6) is 0 Å². The zero-order valence-corrected chi connectivity index (χ0v) is 10.8. The topological polar surface area (TPSA) is 29.3 Å². The predicted octanol–water partition coefficient (Wildman–Crippen LogP) is 2.99. The molecule has 0 radical (unpaired) electrons. The van der Waals surface area contributed by atoms with Crippen LogP contribution in [0.2, 0.25) is 0 Å². The summed E-state index contributed by atoms with van der Waals surface area (Å²) in [7, 11) is 2.19. The van der Waals surface area contributed by atoms with Crippen molar-refractivity contribution in [3.8, 4) is 0 Å². The normalized spacial score (nSPS) is 16.4. The fourth-order valence-electron chi connectivity index (χ4n) is 1.83. The molecule has 1 fully saturated rings. The number of nitrogen functional groups attached to an aromatic ring is 1. The minimum atomic E-state index is 0.884. The smallest absolute Gasteiger partial charge is 0.0346 e. The third-order valence-corrected chi connectivity index (χ3v) is 3.23. The Balaban J connectivity index is 0.000000165. The van der Waals surface area contributed by atoms with Crippen LogP contribution in [0.4, 0.5) is 5.69 Å². The second-order valence-electron chi connectivity index (χ2n) is 4.65. The van der Waals surface area contributed by atoms with Crippen molar-refractivity contribution in [1.82, 2.24) is 4.90 Å². The van der Waals surface area contributed by atoms with E-state index >= 15 is 0 Å². The summed E-state index contributed by atoms with van der Waals surface area (Å²) in [5.41, 5.74) is 8.96. The van der Waals surface area contributed by atoms with E-state index in [4.69, 9.17) is 5.73 Å². The molecule has 1 aliphatic heterocycles. The van der Waals surface area contributed by atoms with Gasteiger partial charge in [0.15, 0.2) is 0 Å². The quantitative estimate of drug-likeness (QED) is 0.681. The molecule has 1 aromatic rings. The fraction of sp³-hybridized carbons (Fsp3) is 0.571. The largest absolute Gasteiger partial charge is 0.399 e. The van der Waals surface area contributed by atoms with Gasteiger partial charge in [-0.25, -0.2) is 0 Å². The van der Waals surface area contributed by atoms with E-state index in [1.54, 1.807) is 0 Å². The molecule has 0 spiro atoms. The number of piperidine rings is 1. The Labute approximate surface area is 99.5 Å². The van der Waals surface area contributed by atoms with Crippen molar-refractivity contribution in [2.45, 2.75) is 33.1 Å². The summed E-state index contributed by atoms with van der Waals surface area (Å²) in [4.78, 5) is 2.39. The van der Waals surface area contributed by atoms with Gasteiger partial charge in [-0.05, 0) is 64.0 Å². The average molecular weight is 220 g/mol. The summed E-state index contributed by atoms with van der Waals surface area (Å²) in [5.74, 6) is 0. The zero-order valence-electron chi connectivity index (χ0n) is 10.8. The first-order chi connectivity index (χ1) is 7.61. The van der Waals surface area contributed by atoms with E-state index in [0.717, 1.165) is 5.69 Å². The Kier molecular flexibility index (Phi) is 5.33. The van der Waals surface area contributed by atoms with Gasteiger partial charge in [-0.1, -0.05) is 18.6 Å².